The molecule has 7 nitrogen and oxygen atoms in total. The van der Waals surface area contributed by atoms with Crippen molar-refractivity contribution in [1.29, 1.82) is 0 Å². The summed E-state index contributed by atoms with van der Waals surface area (Å²) in [6, 6.07) is 7.47. The number of carbonyl (C=O) groups is 1. The van der Waals surface area contributed by atoms with Crippen LogP contribution in [0.25, 0.3) is 16.0 Å². The largest absolute Gasteiger partial charge is 0.497 e. The van der Waals surface area contributed by atoms with Gasteiger partial charge in [0.25, 0.3) is 5.56 Å². The lowest BCUT2D eigenvalue weighted by atomic mass is 10.3. The second-order valence-corrected chi connectivity index (χ2v) is 8.91. The SMILES string of the molecule is COc1cccc(-n2c(=S)sc3c(=O)n(C)c(SCC(=O)NC(C)C)nc32)c1. The smallest absolute Gasteiger partial charge is 0.273 e. The van der Waals surface area contributed by atoms with E-state index in [9.17, 15) is 9.59 Å². The van der Waals surface area contributed by atoms with Crippen LogP contribution in [0.3, 0.4) is 0 Å². The van der Waals surface area contributed by atoms with E-state index in [1.807, 2.05) is 38.1 Å². The van der Waals surface area contributed by atoms with Crippen molar-refractivity contribution in [3.05, 3.63) is 38.6 Å². The number of hydrogen-bond acceptors (Lipinski definition) is 7. The van der Waals surface area contributed by atoms with Gasteiger partial charge in [0.2, 0.25) is 5.91 Å². The summed E-state index contributed by atoms with van der Waals surface area (Å²) in [5, 5.41) is 3.29. The van der Waals surface area contributed by atoms with Crippen molar-refractivity contribution in [3.63, 3.8) is 0 Å². The summed E-state index contributed by atoms with van der Waals surface area (Å²) < 4.78 is 9.50. The molecule has 0 unspecified atom stereocenters. The topological polar surface area (TPSA) is 78.1 Å². The number of thioether (sulfide) groups is 1. The van der Waals surface area contributed by atoms with Gasteiger partial charge in [0.05, 0.1) is 18.6 Å². The summed E-state index contributed by atoms with van der Waals surface area (Å²) in [6.07, 6.45) is 0. The first-order valence-electron chi connectivity index (χ1n) is 8.51. The van der Waals surface area contributed by atoms with Crippen molar-refractivity contribution in [1.82, 2.24) is 19.4 Å². The Morgan fingerprint density at radius 3 is 2.86 bits per heavy atom. The number of fused-ring (bicyclic) bond motifs is 1. The van der Waals surface area contributed by atoms with Crippen molar-refractivity contribution in [3.8, 4) is 11.4 Å². The highest BCUT2D eigenvalue weighted by Crippen LogP contribution is 2.27. The Morgan fingerprint density at radius 2 is 2.18 bits per heavy atom. The van der Waals surface area contributed by atoms with E-state index in [1.54, 1.807) is 18.7 Å². The number of rotatable bonds is 6. The monoisotopic (exact) mass is 436 g/mol. The van der Waals surface area contributed by atoms with Crippen LogP contribution in [0.5, 0.6) is 5.75 Å². The van der Waals surface area contributed by atoms with Crippen LogP contribution >= 0.6 is 35.3 Å². The van der Waals surface area contributed by atoms with Crippen LogP contribution < -0.4 is 15.6 Å². The zero-order valence-electron chi connectivity index (χ0n) is 15.9. The van der Waals surface area contributed by atoms with Gasteiger partial charge in [-0.25, -0.2) is 4.98 Å². The molecule has 0 bridgehead atoms. The van der Waals surface area contributed by atoms with Crippen LogP contribution in [0.2, 0.25) is 0 Å². The number of nitrogens with zero attached hydrogens (tertiary/aromatic N) is 3. The second-order valence-electron chi connectivity index (χ2n) is 6.33. The van der Waals surface area contributed by atoms with Crippen LogP contribution in [0.15, 0.2) is 34.2 Å². The Morgan fingerprint density at radius 1 is 1.43 bits per heavy atom. The minimum absolute atomic E-state index is 0.0576. The summed E-state index contributed by atoms with van der Waals surface area (Å²) in [7, 11) is 3.24. The molecule has 0 aliphatic rings. The first-order valence-corrected chi connectivity index (χ1v) is 10.7. The molecule has 3 aromatic rings. The summed E-state index contributed by atoms with van der Waals surface area (Å²) in [4.78, 5) is 29.4. The molecule has 1 N–H and O–H groups in total. The van der Waals surface area contributed by atoms with Gasteiger partial charge in [-0.2, -0.15) is 0 Å². The number of thiazole rings is 1. The Bertz CT molecular complexity index is 1150. The van der Waals surface area contributed by atoms with E-state index in [0.29, 0.717) is 25.2 Å². The highest BCUT2D eigenvalue weighted by molar-refractivity contribution is 7.99. The first-order chi connectivity index (χ1) is 13.3. The lowest BCUT2D eigenvalue weighted by molar-refractivity contribution is -0.119. The van der Waals surface area contributed by atoms with Crippen molar-refractivity contribution in [2.24, 2.45) is 7.05 Å². The average Bonchev–Trinajstić information content (AvgIpc) is 2.99. The van der Waals surface area contributed by atoms with Gasteiger partial charge in [-0.3, -0.25) is 18.7 Å². The lowest BCUT2D eigenvalue weighted by Gasteiger charge is -2.11. The molecule has 0 atom stereocenters. The number of amides is 1. The molecule has 1 aromatic carbocycles. The standard InChI is InChI=1S/C18H20N4O3S3/c1-10(2)19-13(23)9-27-17-20-15-14(16(24)21(17)3)28-18(26)22(15)11-6-5-7-12(8-11)25-4/h5-8,10H,9H2,1-4H3,(H,19,23). The number of nitrogens with one attached hydrogen (secondary N) is 1. The second kappa shape index (κ2) is 8.46. The van der Waals surface area contributed by atoms with Gasteiger partial charge in [-0.05, 0) is 38.2 Å². The van der Waals surface area contributed by atoms with Crippen LogP contribution in [-0.2, 0) is 11.8 Å². The molecule has 148 valence electrons. The number of carbonyl (C=O) groups excluding carboxylic acids is 1. The molecule has 3 rings (SSSR count). The predicted molar refractivity (Wildman–Crippen MR) is 116 cm³/mol. The fourth-order valence-corrected chi connectivity index (χ4v) is 4.73. The van der Waals surface area contributed by atoms with Gasteiger partial charge in [-0.1, -0.05) is 29.2 Å². The van der Waals surface area contributed by atoms with Crippen LogP contribution in [-0.4, -0.2) is 38.9 Å². The maximum Gasteiger partial charge on any atom is 0.273 e. The Kier molecular flexibility index (Phi) is 6.21. The number of ether oxygens (including phenoxy) is 1. The summed E-state index contributed by atoms with van der Waals surface area (Å²) in [5.41, 5.74) is 1.07. The van der Waals surface area contributed by atoms with E-state index in [2.05, 4.69) is 10.3 Å². The minimum Gasteiger partial charge on any atom is -0.497 e. The Balaban J connectivity index is 2.08. The van der Waals surface area contributed by atoms with Crippen molar-refractivity contribution >= 4 is 51.6 Å². The van der Waals surface area contributed by atoms with Gasteiger partial charge >= 0.3 is 0 Å². The fourth-order valence-electron chi connectivity index (χ4n) is 2.61. The maximum absolute atomic E-state index is 12.8. The number of benzene rings is 1. The third kappa shape index (κ3) is 4.13. The third-order valence-corrected chi connectivity index (χ3v) is 6.25. The van der Waals surface area contributed by atoms with E-state index in [1.165, 1.54) is 27.7 Å². The summed E-state index contributed by atoms with van der Waals surface area (Å²) in [6.45, 7) is 3.80. The van der Waals surface area contributed by atoms with Gasteiger partial charge in [0.1, 0.15) is 10.4 Å². The molecule has 28 heavy (non-hydrogen) atoms. The molecule has 1 amide bonds. The van der Waals surface area contributed by atoms with E-state index in [0.717, 1.165) is 5.69 Å². The van der Waals surface area contributed by atoms with Crippen LogP contribution in [0, 0.1) is 3.95 Å². The Hall–Kier alpha value is -2.17. The molecule has 2 heterocycles. The fraction of sp³-hybridized carbons (Fsp3) is 0.333. The molecule has 0 spiro atoms. The molecule has 2 aromatic heterocycles. The predicted octanol–water partition coefficient (Wildman–Crippen LogP) is 3.14. The van der Waals surface area contributed by atoms with Crippen LogP contribution in [0.1, 0.15) is 13.8 Å². The van der Waals surface area contributed by atoms with Gasteiger partial charge in [-0.15, -0.1) is 0 Å². The molecular formula is C18H20N4O3S3. The Labute approximate surface area is 175 Å². The molecule has 0 fully saturated rings. The quantitative estimate of drug-likeness (QED) is 0.363. The minimum atomic E-state index is -0.186. The lowest BCUT2D eigenvalue weighted by Crippen LogP contribution is -2.31. The molecule has 0 aliphatic heterocycles. The van der Waals surface area contributed by atoms with Crippen LogP contribution in [0.4, 0.5) is 0 Å². The van der Waals surface area contributed by atoms with Gasteiger partial charge in [0.15, 0.2) is 14.8 Å². The number of hydrogen-bond donors (Lipinski definition) is 1. The molecule has 0 saturated heterocycles. The zero-order valence-corrected chi connectivity index (χ0v) is 18.3. The normalized spacial score (nSPS) is 11.2. The highest BCUT2D eigenvalue weighted by Gasteiger charge is 2.17. The van der Waals surface area contributed by atoms with E-state index >= 15 is 0 Å². The van der Waals surface area contributed by atoms with Gasteiger partial charge in [0, 0.05) is 19.2 Å². The highest BCUT2D eigenvalue weighted by atomic mass is 32.2. The molecular weight excluding hydrogens is 416 g/mol. The van der Waals surface area contributed by atoms with Crippen molar-refractivity contribution in [2.75, 3.05) is 12.9 Å². The van der Waals surface area contributed by atoms with Crippen molar-refractivity contribution in [2.45, 2.75) is 25.0 Å². The molecule has 0 saturated carbocycles. The molecule has 0 aliphatic carbocycles. The number of methoxy groups -OCH3 is 1. The third-order valence-electron chi connectivity index (χ3n) is 3.87. The molecule has 10 heteroatoms. The molecule has 0 radical (unpaired) electrons. The van der Waals surface area contributed by atoms with E-state index in [4.69, 9.17) is 17.0 Å². The van der Waals surface area contributed by atoms with E-state index < -0.39 is 0 Å². The first kappa shape index (κ1) is 20.6. The van der Waals surface area contributed by atoms with Crippen molar-refractivity contribution < 1.29 is 9.53 Å². The summed E-state index contributed by atoms with van der Waals surface area (Å²) in [5.74, 6) is 0.750. The number of aromatic nitrogens is 3. The average molecular weight is 437 g/mol. The maximum atomic E-state index is 12.8. The zero-order chi connectivity index (χ0) is 20.4. The summed E-state index contributed by atoms with van der Waals surface area (Å²) >= 11 is 7.94. The van der Waals surface area contributed by atoms with E-state index in [-0.39, 0.29) is 23.3 Å². The van der Waals surface area contributed by atoms with Gasteiger partial charge < -0.3 is 10.1 Å².